The summed E-state index contributed by atoms with van der Waals surface area (Å²) in [6, 6.07) is 10.9. The molecule has 2 N–H and O–H groups in total. The molecule has 0 aliphatic heterocycles. The number of carbonyl (C=O) groups is 1. The molecule has 2 aromatic heterocycles. The van der Waals surface area contributed by atoms with Crippen molar-refractivity contribution in [2.75, 3.05) is 5.32 Å². The van der Waals surface area contributed by atoms with E-state index in [1.165, 1.54) is 4.88 Å². The Morgan fingerprint density at radius 1 is 1.20 bits per heavy atom. The van der Waals surface area contributed by atoms with Crippen LogP contribution in [0.3, 0.4) is 0 Å². The van der Waals surface area contributed by atoms with Crippen LogP contribution in [-0.2, 0) is 24.1 Å². The maximum Gasteiger partial charge on any atom is 0.326 e. The van der Waals surface area contributed by atoms with Crippen LogP contribution in [0, 0.1) is 0 Å². The number of fused-ring (bicyclic) bond motifs is 1. The normalized spacial score (nSPS) is 12.2. The van der Waals surface area contributed by atoms with Gasteiger partial charge in [0.15, 0.2) is 0 Å². The minimum Gasteiger partial charge on any atom is -0.480 e. The quantitative estimate of drug-likeness (QED) is 0.672. The van der Waals surface area contributed by atoms with E-state index in [1.54, 1.807) is 11.3 Å². The highest BCUT2D eigenvalue weighted by molar-refractivity contribution is 7.18. The molecule has 0 amide bonds. The van der Waals surface area contributed by atoms with Crippen molar-refractivity contribution in [1.82, 2.24) is 9.97 Å². The first-order valence-corrected chi connectivity index (χ1v) is 9.25. The Hall–Kier alpha value is -2.47. The van der Waals surface area contributed by atoms with Crippen molar-refractivity contribution in [2.45, 2.75) is 39.2 Å². The second-order valence-corrected chi connectivity index (χ2v) is 6.97. The van der Waals surface area contributed by atoms with E-state index in [0.717, 1.165) is 28.0 Å². The predicted molar refractivity (Wildman–Crippen MR) is 101 cm³/mol. The summed E-state index contributed by atoms with van der Waals surface area (Å²) in [5.74, 6) is 0.448. The summed E-state index contributed by atoms with van der Waals surface area (Å²) in [5, 5.41) is 13.7. The zero-order valence-electron chi connectivity index (χ0n) is 14.3. The minimum atomic E-state index is -0.889. The number of nitrogens with zero attached hydrogens (tertiary/aromatic N) is 2. The molecule has 1 atom stereocenters. The molecule has 2 heterocycles. The summed E-state index contributed by atoms with van der Waals surface area (Å²) in [4.78, 5) is 23.0. The van der Waals surface area contributed by atoms with Crippen molar-refractivity contribution >= 4 is 33.3 Å². The zero-order valence-corrected chi connectivity index (χ0v) is 15.1. The van der Waals surface area contributed by atoms with Crippen LogP contribution in [0.2, 0.25) is 0 Å². The predicted octanol–water partition coefficient (Wildman–Crippen LogP) is 3.92. The van der Waals surface area contributed by atoms with Gasteiger partial charge >= 0.3 is 5.97 Å². The van der Waals surface area contributed by atoms with Gasteiger partial charge in [-0.2, -0.15) is 0 Å². The van der Waals surface area contributed by atoms with Crippen LogP contribution in [0.25, 0.3) is 10.2 Å². The van der Waals surface area contributed by atoms with Crippen LogP contribution >= 0.6 is 11.3 Å². The van der Waals surface area contributed by atoms with E-state index in [-0.39, 0.29) is 0 Å². The summed E-state index contributed by atoms with van der Waals surface area (Å²) < 4.78 is 0. The maximum absolute atomic E-state index is 11.8. The topological polar surface area (TPSA) is 75.1 Å². The fraction of sp³-hybridized carbons (Fsp3) is 0.316. The second kappa shape index (κ2) is 7.61. The highest BCUT2D eigenvalue weighted by Crippen LogP contribution is 2.30. The number of carboxylic acid groups (broad SMARTS) is 1. The van der Waals surface area contributed by atoms with E-state index in [4.69, 9.17) is 0 Å². The number of anilines is 1. The first kappa shape index (κ1) is 17.4. The molecular formula is C19H21N3O2S. The number of benzene rings is 1. The van der Waals surface area contributed by atoms with E-state index in [1.807, 2.05) is 37.3 Å². The van der Waals surface area contributed by atoms with Crippen molar-refractivity contribution in [3.8, 4) is 0 Å². The molecule has 0 saturated heterocycles. The molecule has 0 saturated carbocycles. The van der Waals surface area contributed by atoms with Gasteiger partial charge < -0.3 is 10.4 Å². The van der Waals surface area contributed by atoms with Gasteiger partial charge in [0, 0.05) is 17.7 Å². The van der Waals surface area contributed by atoms with Crippen LogP contribution in [-0.4, -0.2) is 27.1 Å². The second-order valence-electron chi connectivity index (χ2n) is 5.85. The third-order valence-corrected chi connectivity index (χ3v) is 5.22. The van der Waals surface area contributed by atoms with Crippen LogP contribution in [0.15, 0.2) is 36.4 Å². The summed E-state index contributed by atoms with van der Waals surface area (Å²) >= 11 is 1.64. The molecule has 0 radical (unpaired) electrons. The minimum absolute atomic E-state index is 0.397. The lowest BCUT2D eigenvalue weighted by molar-refractivity contribution is -0.137. The van der Waals surface area contributed by atoms with E-state index < -0.39 is 12.0 Å². The molecule has 0 aliphatic carbocycles. The summed E-state index contributed by atoms with van der Waals surface area (Å²) in [6.07, 6.45) is 2.03. The number of rotatable bonds is 7. The summed E-state index contributed by atoms with van der Waals surface area (Å²) in [6.45, 7) is 4.10. The molecular weight excluding hydrogens is 334 g/mol. The Bertz CT molecular complexity index is 877. The van der Waals surface area contributed by atoms with Gasteiger partial charge in [0.05, 0.1) is 5.39 Å². The van der Waals surface area contributed by atoms with Crippen molar-refractivity contribution in [2.24, 2.45) is 0 Å². The number of hydrogen-bond acceptors (Lipinski definition) is 5. The number of aromatic nitrogens is 2. The molecule has 5 nitrogen and oxygen atoms in total. The lowest BCUT2D eigenvalue weighted by Gasteiger charge is -2.16. The lowest BCUT2D eigenvalue weighted by Crippen LogP contribution is -2.32. The molecule has 0 fully saturated rings. The third-order valence-electron chi connectivity index (χ3n) is 4.05. The Morgan fingerprint density at radius 3 is 2.60 bits per heavy atom. The van der Waals surface area contributed by atoms with Crippen LogP contribution in [0.1, 0.15) is 30.1 Å². The van der Waals surface area contributed by atoms with E-state index in [0.29, 0.717) is 18.7 Å². The molecule has 1 aromatic carbocycles. The average Bonchev–Trinajstić information content (AvgIpc) is 3.05. The van der Waals surface area contributed by atoms with Gasteiger partial charge in [0.1, 0.15) is 22.5 Å². The van der Waals surface area contributed by atoms with Gasteiger partial charge in [-0.25, -0.2) is 14.8 Å². The van der Waals surface area contributed by atoms with E-state index >= 15 is 0 Å². The van der Waals surface area contributed by atoms with Gasteiger partial charge in [-0.1, -0.05) is 44.2 Å². The molecule has 0 bridgehead atoms. The van der Waals surface area contributed by atoms with Gasteiger partial charge in [-0.05, 0) is 18.1 Å². The van der Waals surface area contributed by atoms with Crippen molar-refractivity contribution < 1.29 is 9.90 Å². The standard InChI is InChI=1S/C19H21N3O2S/c1-3-13-11-14-17(21-16(4-2)22-18(14)25-13)20-15(19(23)24)10-12-8-6-5-7-9-12/h5-9,11,15H,3-4,10H2,1-2H3,(H,23,24)(H,20,21,22). The Kier molecular flexibility index (Phi) is 5.28. The largest absolute Gasteiger partial charge is 0.480 e. The first-order valence-electron chi connectivity index (χ1n) is 8.43. The van der Waals surface area contributed by atoms with Crippen LogP contribution in [0.5, 0.6) is 0 Å². The smallest absolute Gasteiger partial charge is 0.326 e. The fourth-order valence-corrected chi connectivity index (χ4v) is 3.66. The molecule has 3 rings (SSSR count). The fourth-order valence-electron chi connectivity index (χ4n) is 2.67. The number of nitrogens with one attached hydrogen (secondary N) is 1. The summed E-state index contributed by atoms with van der Waals surface area (Å²) in [5.41, 5.74) is 0.975. The maximum atomic E-state index is 11.8. The Balaban J connectivity index is 1.95. The highest BCUT2D eigenvalue weighted by atomic mass is 32.1. The van der Waals surface area contributed by atoms with Crippen molar-refractivity contribution in [1.29, 1.82) is 0 Å². The Morgan fingerprint density at radius 2 is 1.96 bits per heavy atom. The van der Waals surface area contributed by atoms with Gasteiger partial charge in [0.25, 0.3) is 0 Å². The Labute approximate surface area is 150 Å². The highest BCUT2D eigenvalue weighted by Gasteiger charge is 2.21. The molecule has 130 valence electrons. The molecule has 0 aliphatic rings. The number of aryl methyl sites for hydroxylation is 2. The summed E-state index contributed by atoms with van der Waals surface area (Å²) in [7, 11) is 0. The number of carboxylic acids is 1. The first-order chi connectivity index (χ1) is 12.1. The molecule has 0 spiro atoms. The van der Waals surface area contributed by atoms with E-state index in [2.05, 4.69) is 28.3 Å². The SMILES string of the molecule is CCc1nc(NC(Cc2ccccc2)C(=O)O)c2cc(CC)sc2n1. The van der Waals surface area contributed by atoms with Crippen molar-refractivity contribution in [3.63, 3.8) is 0 Å². The van der Waals surface area contributed by atoms with E-state index in [9.17, 15) is 9.90 Å². The molecule has 6 heteroatoms. The van der Waals surface area contributed by atoms with Gasteiger partial charge in [-0.15, -0.1) is 11.3 Å². The number of aliphatic carboxylic acids is 1. The lowest BCUT2D eigenvalue weighted by atomic mass is 10.1. The van der Waals surface area contributed by atoms with Crippen molar-refractivity contribution in [3.05, 3.63) is 52.7 Å². The average molecular weight is 355 g/mol. The molecule has 3 aromatic rings. The molecule has 1 unspecified atom stereocenters. The number of hydrogen-bond donors (Lipinski definition) is 2. The molecule has 25 heavy (non-hydrogen) atoms. The number of thiophene rings is 1. The van der Waals surface area contributed by atoms with Gasteiger partial charge in [-0.3, -0.25) is 0 Å². The van der Waals surface area contributed by atoms with Crippen LogP contribution < -0.4 is 5.32 Å². The third kappa shape index (κ3) is 3.96. The van der Waals surface area contributed by atoms with Crippen LogP contribution in [0.4, 0.5) is 5.82 Å². The monoisotopic (exact) mass is 355 g/mol. The zero-order chi connectivity index (χ0) is 17.8. The van der Waals surface area contributed by atoms with Gasteiger partial charge in [0.2, 0.25) is 0 Å².